The van der Waals surface area contributed by atoms with E-state index in [0.29, 0.717) is 17.1 Å². The number of rotatable bonds is 7. The molecule has 104 valence electrons. The molecule has 8 nitrogen and oxygen atoms in total. The van der Waals surface area contributed by atoms with E-state index in [1.165, 1.54) is 6.92 Å². The molecule has 0 aromatic heterocycles. The summed E-state index contributed by atoms with van der Waals surface area (Å²) in [6.45, 7) is 3.60. The Hall–Kier alpha value is -1.19. The predicted molar refractivity (Wildman–Crippen MR) is 60.4 cm³/mol. The van der Waals surface area contributed by atoms with E-state index in [4.69, 9.17) is 9.39 Å². The van der Waals surface area contributed by atoms with Gasteiger partial charge in [0.05, 0.1) is 12.6 Å². The van der Waals surface area contributed by atoms with Crippen LogP contribution in [0.2, 0.25) is 0 Å². The van der Waals surface area contributed by atoms with Crippen LogP contribution in [0.5, 0.6) is 0 Å². The second-order valence-electron chi connectivity index (χ2n) is 3.95. The molecule has 1 N–H and O–H groups in total. The van der Waals surface area contributed by atoms with Crippen LogP contribution in [-0.2, 0) is 24.7 Å². The van der Waals surface area contributed by atoms with Gasteiger partial charge in [-0.3, -0.25) is 19.0 Å². The highest BCUT2D eigenvalue weighted by atomic mass is 32.2. The molecule has 0 aliphatic carbocycles. The van der Waals surface area contributed by atoms with E-state index in [1.54, 1.807) is 0 Å². The van der Waals surface area contributed by atoms with Crippen molar-refractivity contribution >= 4 is 22.6 Å². The maximum Gasteiger partial charge on any atom is 0.362 e. The lowest BCUT2D eigenvalue weighted by atomic mass is 10.0. The van der Waals surface area contributed by atoms with Gasteiger partial charge in [0, 0.05) is 0 Å². The average molecular weight is 280 g/mol. The highest BCUT2D eigenvalue weighted by molar-refractivity contribution is 7.84. The third-order valence-corrected chi connectivity index (χ3v) is 3.67. The summed E-state index contributed by atoms with van der Waals surface area (Å²) >= 11 is 0. The van der Waals surface area contributed by atoms with Crippen molar-refractivity contribution in [2.45, 2.75) is 38.8 Å². The van der Waals surface area contributed by atoms with Crippen molar-refractivity contribution in [3.8, 4) is 0 Å². The van der Waals surface area contributed by atoms with Gasteiger partial charge in [-0.05, 0) is 13.3 Å². The Bertz CT molecular complexity index is 423. The zero-order valence-electron chi connectivity index (χ0n) is 10.1. The minimum atomic E-state index is -4.58. The summed E-state index contributed by atoms with van der Waals surface area (Å²) < 4.78 is 30.8. The molecule has 18 heavy (non-hydrogen) atoms. The van der Waals surface area contributed by atoms with Crippen molar-refractivity contribution in [2.24, 2.45) is 0 Å². The smallest absolute Gasteiger partial charge is 0.276 e. The minimum absolute atomic E-state index is 0.262. The molecule has 2 atom stereocenters. The van der Waals surface area contributed by atoms with Gasteiger partial charge in [-0.25, -0.2) is 9.37 Å². The third-order valence-electron chi connectivity index (χ3n) is 2.66. The Kier molecular flexibility index (Phi) is 4.65. The molecule has 2 unspecified atom stereocenters. The Morgan fingerprint density at radius 3 is 2.56 bits per heavy atom. The highest BCUT2D eigenvalue weighted by Gasteiger charge is 2.54. The van der Waals surface area contributed by atoms with Gasteiger partial charge in [-0.2, -0.15) is 8.42 Å². The topological polar surface area (TPSA) is 104 Å². The fraction of sp³-hybridized carbons (Fsp3) is 0.778. The van der Waals surface area contributed by atoms with Crippen LogP contribution in [0.25, 0.3) is 0 Å². The Morgan fingerprint density at radius 2 is 2.17 bits per heavy atom. The van der Waals surface area contributed by atoms with Crippen LogP contribution < -0.4 is 0 Å². The molecule has 0 aromatic carbocycles. The van der Waals surface area contributed by atoms with Gasteiger partial charge < -0.3 is 0 Å². The number of nitrogens with zero attached hydrogens (tertiary/aromatic N) is 2. The quantitative estimate of drug-likeness (QED) is 0.223. The molecule has 0 bridgehead atoms. The summed E-state index contributed by atoms with van der Waals surface area (Å²) in [4.78, 5) is 27.4. The van der Waals surface area contributed by atoms with Crippen molar-refractivity contribution in [1.82, 2.24) is 9.37 Å². The molecule has 1 rings (SSSR count). The van der Waals surface area contributed by atoms with Crippen LogP contribution >= 0.6 is 0 Å². The van der Waals surface area contributed by atoms with Crippen LogP contribution in [0.15, 0.2) is 0 Å². The number of carbonyl (C=O) groups excluding carboxylic acids is 2. The molecule has 1 aliphatic rings. The van der Waals surface area contributed by atoms with Gasteiger partial charge in [0.1, 0.15) is 0 Å². The third kappa shape index (κ3) is 2.79. The lowest BCUT2D eigenvalue weighted by molar-refractivity contribution is -0.210. The summed E-state index contributed by atoms with van der Waals surface area (Å²) in [7, 11) is -4.58. The first kappa shape index (κ1) is 14.9. The van der Waals surface area contributed by atoms with Gasteiger partial charge in [0.15, 0.2) is 6.04 Å². The number of carbonyl (C=O) groups is 2. The molecule has 9 heteroatoms. The van der Waals surface area contributed by atoms with E-state index in [9.17, 15) is 18.0 Å². The molecule has 0 spiro atoms. The van der Waals surface area contributed by atoms with Gasteiger partial charge >= 0.3 is 10.3 Å². The van der Waals surface area contributed by atoms with E-state index in [1.807, 2.05) is 6.92 Å². The van der Waals surface area contributed by atoms with E-state index < -0.39 is 28.3 Å². The summed E-state index contributed by atoms with van der Waals surface area (Å²) in [5, 5.41) is 0.796. The Balaban J connectivity index is 2.68. The number of hydroxylamine groups is 2. The first-order valence-electron chi connectivity index (χ1n) is 5.51. The fourth-order valence-electron chi connectivity index (χ4n) is 1.72. The number of amides is 2. The molecular formula is C9H16N2O6S. The zero-order valence-corrected chi connectivity index (χ0v) is 11.0. The minimum Gasteiger partial charge on any atom is -0.276 e. The number of unbranched alkanes of at least 4 members (excludes halogenated alkanes) is 1. The molecule has 1 saturated heterocycles. The first-order chi connectivity index (χ1) is 8.34. The largest absolute Gasteiger partial charge is 0.362 e. The Morgan fingerprint density at radius 1 is 1.56 bits per heavy atom. The van der Waals surface area contributed by atoms with Crippen molar-refractivity contribution in [3.05, 3.63) is 0 Å². The van der Waals surface area contributed by atoms with Crippen LogP contribution in [0, 0.1) is 0 Å². The monoisotopic (exact) mass is 280 g/mol. The Labute approximate surface area is 105 Å². The van der Waals surface area contributed by atoms with Crippen LogP contribution in [0.3, 0.4) is 0 Å². The van der Waals surface area contributed by atoms with Crippen LogP contribution in [-0.4, -0.2) is 53.3 Å². The van der Waals surface area contributed by atoms with Crippen LogP contribution in [0.4, 0.5) is 0 Å². The standard InChI is InChI=1S/C9H16N2O6S/c1-3-4-5-17-10(6-12)8-7(2)11(9(8)13)18(14,15)16/h6-8H,3-5H2,1-2H3,(H,14,15,16). The maximum atomic E-state index is 11.6. The highest BCUT2D eigenvalue weighted by Crippen LogP contribution is 2.26. The van der Waals surface area contributed by atoms with E-state index in [-0.39, 0.29) is 6.61 Å². The van der Waals surface area contributed by atoms with E-state index in [2.05, 4.69) is 0 Å². The predicted octanol–water partition coefficient (Wildman–Crippen LogP) is -0.421. The SMILES string of the molecule is CCCCON(C=O)C1C(=O)N(S(=O)(=O)O)C1C. The zero-order chi connectivity index (χ0) is 13.9. The van der Waals surface area contributed by atoms with Gasteiger partial charge in [0.2, 0.25) is 6.41 Å². The van der Waals surface area contributed by atoms with Crippen molar-refractivity contribution in [3.63, 3.8) is 0 Å². The van der Waals surface area contributed by atoms with Gasteiger partial charge in [0.25, 0.3) is 5.91 Å². The molecule has 1 heterocycles. The normalized spacial score (nSPS) is 23.7. The van der Waals surface area contributed by atoms with Gasteiger partial charge in [-0.1, -0.05) is 13.3 Å². The second kappa shape index (κ2) is 5.63. The molecule has 0 aromatic rings. The lowest BCUT2D eigenvalue weighted by Crippen LogP contribution is -2.70. The molecule has 1 fully saturated rings. The number of hydrogen-bond donors (Lipinski definition) is 1. The molecular weight excluding hydrogens is 264 g/mol. The van der Waals surface area contributed by atoms with E-state index in [0.717, 1.165) is 11.5 Å². The number of hydrogen-bond acceptors (Lipinski definition) is 5. The summed E-state index contributed by atoms with van der Waals surface area (Å²) in [6, 6.07) is -1.86. The van der Waals surface area contributed by atoms with Gasteiger partial charge in [-0.15, -0.1) is 0 Å². The van der Waals surface area contributed by atoms with Crippen LogP contribution in [0.1, 0.15) is 26.7 Å². The molecule has 0 radical (unpaired) electrons. The number of β-lactam (4-membered cyclic amide) rings is 1. The maximum absolute atomic E-state index is 11.6. The molecule has 2 amide bonds. The first-order valence-corrected chi connectivity index (χ1v) is 6.91. The summed E-state index contributed by atoms with van der Waals surface area (Å²) in [5.41, 5.74) is 0. The van der Waals surface area contributed by atoms with E-state index >= 15 is 0 Å². The lowest BCUT2D eigenvalue weighted by Gasteiger charge is -2.44. The summed E-state index contributed by atoms with van der Waals surface area (Å²) in [6.07, 6.45) is 1.90. The van der Waals surface area contributed by atoms with Crippen molar-refractivity contribution < 1.29 is 27.4 Å². The summed E-state index contributed by atoms with van der Waals surface area (Å²) in [5.74, 6) is -0.881. The van der Waals surface area contributed by atoms with Crippen molar-refractivity contribution in [1.29, 1.82) is 0 Å². The average Bonchev–Trinajstić information content (AvgIpc) is 2.25. The molecule has 0 saturated carbocycles. The molecule has 1 aliphatic heterocycles. The van der Waals surface area contributed by atoms with Crippen molar-refractivity contribution in [2.75, 3.05) is 6.61 Å². The second-order valence-corrected chi connectivity index (χ2v) is 5.24. The fourth-order valence-corrected chi connectivity index (χ4v) is 2.59.